The summed E-state index contributed by atoms with van der Waals surface area (Å²) >= 11 is 0. The molecule has 0 aliphatic heterocycles. The summed E-state index contributed by atoms with van der Waals surface area (Å²) in [5.41, 5.74) is 0.326. The number of hydrogen-bond acceptors (Lipinski definition) is 5. The molecule has 1 rings (SSSR count). The molecule has 1 heterocycles. The summed E-state index contributed by atoms with van der Waals surface area (Å²) in [6, 6.07) is 1.33. The van der Waals surface area contributed by atoms with Gasteiger partial charge in [-0.15, -0.1) is 0 Å². The molecule has 106 valence electrons. The number of halogens is 3. The molecule has 19 heavy (non-hydrogen) atoms. The zero-order valence-corrected chi connectivity index (χ0v) is 10.4. The molecule has 0 unspecified atom stereocenters. The van der Waals surface area contributed by atoms with E-state index in [-0.39, 0.29) is 17.1 Å². The highest BCUT2D eigenvalue weighted by molar-refractivity contribution is 5.90. The van der Waals surface area contributed by atoms with Gasteiger partial charge in [0.05, 0.1) is 18.4 Å². The first-order valence-corrected chi connectivity index (χ1v) is 5.39. The Kier molecular flexibility index (Phi) is 4.96. The number of pyridine rings is 1. The van der Waals surface area contributed by atoms with Crippen LogP contribution in [0, 0.1) is 0 Å². The summed E-state index contributed by atoms with van der Waals surface area (Å²) in [5, 5.41) is 2.77. The standard InChI is InChI=1S/C11H13F3N2O3/c1-3-15-8-4-7(10(17)18-2)5-16-9(8)19-6-11(12,13)14/h4-5,15H,3,6H2,1-2H3. The molecule has 1 N–H and O–H groups in total. The van der Waals surface area contributed by atoms with E-state index < -0.39 is 18.8 Å². The van der Waals surface area contributed by atoms with Crippen molar-refractivity contribution in [3.63, 3.8) is 0 Å². The molecule has 0 bridgehead atoms. The molecule has 0 saturated heterocycles. The van der Waals surface area contributed by atoms with Crippen LogP contribution in [0.15, 0.2) is 12.3 Å². The average molecular weight is 278 g/mol. The van der Waals surface area contributed by atoms with E-state index in [9.17, 15) is 18.0 Å². The van der Waals surface area contributed by atoms with Crippen molar-refractivity contribution < 1.29 is 27.4 Å². The molecule has 0 amide bonds. The van der Waals surface area contributed by atoms with Crippen LogP contribution in [0.25, 0.3) is 0 Å². The van der Waals surface area contributed by atoms with Crippen LogP contribution in [-0.4, -0.2) is 37.4 Å². The summed E-state index contributed by atoms with van der Waals surface area (Å²) in [7, 11) is 1.20. The maximum Gasteiger partial charge on any atom is 0.422 e. The number of alkyl halides is 3. The number of aromatic nitrogens is 1. The van der Waals surface area contributed by atoms with Crippen LogP contribution < -0.4 is 10.1 Å². The molecule has 8 heteroatoms. The van der Waals surface area contributed by atoms with Gasteiger partial charge in [0, 0.05) is 12.7 Å². The molecular formula is C11H13F3N2O3. The zero-order valence-electron chi connectivity index (χ0n) is 10.4. The molecule has 0 radical (unpaired) electrons. The Morgan fingerprint density at radius 3 is 2.68 bits per heavy atom. The number of methoxy groups -OCH3 is 1. The van der Waals surface area contributed by atoms with Crippen molar-refractivity contribution in [2.75, 3.05) is 25.6 Å². The lowest BCUT2D eigenvalue weighted by Crippen LogP contribution is -2.20. The Bertz CT molecular complexity index is 449. The topological polar surface area (TPSA) is 60.5 Å². The highest BCUT2D eigenvalue weighted by Crippen LogP contribution is 2.25. The molecule has 1 aromatic heterocycles. The van der Waals surface area contributed by atoms with Crippen LogP contribution >= 0.6 is 0 Å². The van der Waals surface area contributed by atoms with Gasteiger partial charge in [-0.3, -0.25) is 0 Å². The van der Waals surface area contributed by atoms with Gasteiger partial charge >= 0.3 is 12.1 Å². The first kappa shape index (κ1) is 15.1. The van der Waals surface area contributed by atoms with Gasteiger partial charge in [-0.25, -0.2) is 9.78 Å². The van der Waals surface area contributed by atoms with E-state index >= 15 is 0 Å². The SMILES string of the molecule is CCNc1cc(C(=O)OC)cnc1OCC(F)(F)F. The number of esters is 1. The predicted molar refractivity (Wildman–Crippen MR) is 61.3 cm³/mol. The molecule has 0 spiro atoms. The average Bonchev–Trinajstić information content (AvgIpc) is 2.35. The van der Waals surface area contributed by atoms with Crippen molar-refractivity contribution in [1.29, 1.82) is 0 Å². The summed E-state index contributed by atoms with van der Waals surface area (Å²) in [6.07, 6.45) is -3.36. The Hall–Kier alpha value is -1.99. The summed E-state index contributed by atoms with van der Waals surface area (Å²) < 4.78 is 45.3. The number of carbonyl (C=O) groups is 1. The van der Waals surface area contributed by atoms with Crippen LogP contribution in [0.4, 0.5) is 18.9 Å². The number of rotatable bonds is 5. The van der Waals surface area contributed by atoms with E-state index in [0.717, 1.165) is 6.20 Å². The zero-order chi connectivity index (χ0) is 14.5. The van der Waals surface area contributed by atoms with Crippen molar-refractivity contribution in [1.82, 2.24) is 4.98 Å². The molecule has 0 aliphatic rings. The predicted octanol–water partition coefficient (Wildman–Crippen LogP) is 2.24. The minimum atomic E-state index is -4.45. The molecule has 0 aromatic carbocycles. The second-order valence-electron chi connectivity index (χ2n) is 3.50. The third kappa shape index (κ3) is 4.65. The fraction of sp³-hybridized carbons (Fsp3) is 0.455. The Balaban J connectivity index is 2.94. The lowest BCUT2D eigenvalue weighted by Gasteiger charge is -2.13. The van der Waals surface area contributed by atoms with Crippen LogP contribution in [-0.2, 0) is 4.74 Å². The van der Waals surface area contributed by atoms with Crippen molar-refractivity contribution in [3.8, 4) is 5.88 Å². The number of anilines is 1. The molecule has 0 aliphatic carbocycles. The number of nitrogens with one attached hydrogen (secondary N) is 1. The van der Waals surface area contributed by atoms with Gasteiger partial charge in [0.1, 0.15) is 0 Å². The number of hydrogen-bond donors (Lipinski definition) is 1. The Morgan fingerprint density at radius 2 is 2.16 bits per heavy atom. The minimum Gasteiger partial charge on any atom is -0.467 e. The van der Waals surface area contributed by atoms with Crippen molar-refractivity contribution in [3.05, 3.63) is 17.8 Å². The van der Waals surface area contributed by atoms with E-state index in [4.69, 9.17) is 0 Å². The maximum atomic E-state index is 12.1. The van der Waals surface area contributed by atoms with Crippen molar-refractivity contribution >= 4 is 11.7 Å². The van der Waals surface area contributed by atoms with E-state index in [2.05, 4.69) is 19.8 Å². The van der Waals surface area contributed by atoms with Crippen molar-refractivity contribution in [2.24, 2.45) is 0 Å². The van der Waals surface area contributed by atoms with E-state index in [0.29, 0.717) is 6.54 Å². The lowest BCUT2D eigenvalue weighted by molar-refractivity contribution is -0.153. The normalized spacial score (nSPS) is 11.0. The Labute approximate surface area is 107 Å². The summed E-state index contributed by atoms with van der Waals surface area (Å²) in [4.78, 5) is 15.0. The second-order valence-corrected chi connectivity index (χ2v) is 3.50. The monoisotopic (exact) mass is 278 g/mol. The van der Waals surface area contributed by atoms with E-state index in [1.807, 2.05) is 0 Å². The first-order chi connectivity index (χ1) is 8.87. The fourth-order valence-corrected chi connectivity index (χ4v) is 1.26. The number of carbonyl (C=O) groups excluding carboxylic acids is 1. The first-order valence-electron chi connectivity index (χ1n) is 5.39. The van der Waals surface area contributed by atoms with Crippen LogP contribution in [0.3, 0.4) is 0 Å². The van der Waals surface area contributed by atoms with Crippen molar-refractivity contribution in [2.45, 2.75) is 13.1 Å². The smallest absolute Gasteiger partial charge is 0.422 e. The van der Waals surface area contributed by atoms with E-state index in [1.54, 1.807) is 6.92 Å². The molecule has 1 aromatic rings. The number of nitrogens with zero attached hydrogens (tertiary/aromatic N) is 1. The highest BCUT2D eigenvalue weighted by atomic mass is 19.4. The van der Waals surface area contributed by atoms with Gasteiger partial charge in [0.15, 0.2) is 6.61 Å². The third-order valence-electron chi connectivity index (χ3n) is 2.01. The molecular weight excluding hydrogens is 265 g/mol. The molecule has 5 nitrogen and oxygen atoms in total. The third-order valence-corrected chi connectivity index (χ3v) is 2.01. The summed E-state index contributed by atoms with van der Waals surface area (Å²) in [5.74, 6) is -0.846. The van der Waals surface area contributed by atoms with Gasteiger partial charge in [-0.1, -0.05) is 0 Å². The van der Waals surface area contributed by atoms with Gasteiger partial charge in [0.2, 0.25) is 5.88 Å². The summed E-state index contributed by atoms with van der Waals surface area (Å²) in [6.45, 7) is 0.739. The van der Waals surface area contributed by atoms with Crippen LogP contribution in [0.5, 0.6) is 5.88 Å². The quantitative estimate of drug-likeness (QED) is 0.837. The Morgan fingerprint density at radius 1 is 1.47 bits per heavy atom. The van der Waals surface area contributed by atoms with Gasteiger partial charge in [0.25, 0.3) is 0 Å². The van der Waals surface area contributed by atoms with Crippen LogP contribution in [0.2, 0.25) is 0 Å². The fourth-order valence-electron chi connectivity index (χ4n) is 1.26. The van der Waals surface area contributed by atoms with Crippen LogP contribution in [0.1, 0.15) is 17.3 Å². The molecule has 0 fully saturated rings. The second kappa shape index (κ2) is 6.26. The lowest BCUT2D eigenvalue weighted by atomic mass is 10.2. The number of ether oxygens (including phenoxy) is 2. The molecule has 0 atom stereocenters. The maximum absolute atomic E-state index is 12.1. The van der Waals surface area contributed by atoms with E-state index in [1.165, 1.54) is 13.2 Å². The van der Waals surface area contributed by atoms with Gasteiger partial charge in [-0.05, 0) is 13.0 Å². The molecule has 0 saturated carbocycles. The highest BCUT2D eigenvalue weighted by Gasteiger charge is 2.29. The van der Waals surface area contributed by atoms with Gasteiger partial charge < -0.3 is 14.8 Å². The van der Waals surface area contributed by atoms with Gasteiger partial charge in [-0.2, -0.15) is 13.2 Å². The largest absolute Gasteiger partial charge is 0.467 e. The minimum absolute atomic E-state index is 0.123.